The molecule has 1 aromatic carbocycles. The zero-order chi connectivity index (χ0) is 13.7. The monoisotopic (exact) mass is 296 g/mol. The molecule has 0 fully saturated rings. The lowest BCUT2D eigenvalue weighted by Crippen LogP contribution is -1.97. The number of unbranched alkanes of at least 4 members (excludes halogenated alkanes) is 5. The minimum Gasteiger partial charge on any atom is -0.331 e. The Labute approximate surface area is 124 Å². The molecule has 0 aliphatic carbocycles. The SMILES string of the molecule is CCCCCCCCn1c(=S)[nH]c2cc(Cl)ccc21. The molecular weight excluding hydrogens is 276 g/mol. The van der Waals surface area contributed by atoms with Crippen molar-refractivity contribution in [3.05, 3.63) is 28.0 Å². The summed E-state index contributed by atoms with van der Waals surface area (Å²) in [6, 6.07) is 5.90. The third-order valence-corrected chi connectivity index (χ3v) is 4.03. The Hall–Kier alpha value is -0.800. The van der Waals surface area contributed by atoms with Crippen molar-refractivity contribution in [2.45, 2.75) is 52.0 Å². The van der Waals surface area contributed by atoms with Gasteiger partial charge in [0, 0.05) is 11.6 Å². The minimum atomic E-state index is 0.746. The average Bonchev–Trinajstić information content (AvgIpc) is 2.69. The highest BCUT2D eigenvalue weighted by molar-refractivity contribution is 7.71. The fourth-order valence-electron chi connectivity index (χ4n) is 2.41. The summed E-state index contributed by atoms with van der Waals surface area (Å²) in [6.45, 7) is 3.24. The number of imidazole rings is 1. The topological polar surface area (TPSA) is 20.7 Å². The molecule has 2 aromatic rings. The first kappa shape index (κ1) is 14.6. The number of aromatic nitrogens is 2. The number of nitrogens with one attached hydrogen (secondary N) is 1. The number of hydrogen-bond acceptors (Lipinski definition) is 1. The van der Waals surface area contributed by atoms with Crippen LogP contribution >= 0.6 is 23.8 Å². The van der Waals surface area contributed by atoms with E-state index in [0.717, 1.165) is 27.4 Å². The van der Waals surface area contributed by atoms with E-state index in [9.17, 15) is 0 Å². The zero-order valence-electron chi connectivity index (χ0n) is 11.4. The van der Waals surface area contributed by atoms with Crippen molar-refractivity contribution in [1.82, 2.24) is 9.55 Å². The van der Waals surface area contributed by atoms with E-state index in [-0.39, 0.29) is 0 Å². The van der Waals surface area contributed by atoms with Gasteiger partial charge in [-0.15, -0.1) is 0 Å². The van der Waals surface area contributed by atoms with Crippen molar-refractivity contribution in [1.29, 1.82) is 0 Å². The van der Waals surface area contributed by atoms with Crippen LogP contribution in [0.15, 0.2) is 18.2 Å². The van der Waals surface area contributed by atoms with Crippen LogP contribution in [0, 0.1) is 4.77 Å². The van der Waals surface area contributed by atoms with Crippen LogP contribution < -0.4 is 0 Å². The van der Waals surface area contributed by atoms with E-state index in [1.807, 2.05) is 18.2 Å². The van der Waals surface area contributed by atoms with Gasteiger partial charge in [-0.2, -0.15) is 0 Å². The smallest absolute Gasteiger partial charge is 0.178 e. The van der Waals surface area contributed by atoms with Crippen LogP contribution in [0.5, 0.6) is 0 Å². The van der Waals surface area contributed by atoms with E-state index in [0.29, 0.717) is 0 Å². The van der Waals surface area contributed by atoms with Gasteiger partial charge in [-0.1, -0.05) is 50.6 Å². The summed E-state index contributed by atoms with van der Waals surface area (Å²) in [5, 5.41) is 0.746. The fourth-order valence-corrected chi connectivity index (χ4v) is 2.88. The van der Waals surface area contributed by atoms with Crippen LogP contribution in [-0.2, 0) is 6.54 Å². The van der Waals surface area contributed by atoms with Crippen molar-refractivity contribution >= 4 is 34.9 Å². The molecule has 1 aromatic heterocycles. The molecule has 2 nitrogen and oxygen atoms in total. The zero-order valence-corrected chi connectivity index (χ0v) is 13.0. The molecule has 1 heterocycles. The number of hydrogen-bond donors (Lipinski definition) is 1. The van der Waals surface area contributed by atoms with Gasteiger partial charge >= 0.3 is 0 Å². The van der Waals surface area contributed by atoms with Gasteiger partial charge in [0.2, 0.25) is 0 Å². The van der Waals surface area contributed by atoms with E-state index in [2.05, 4.69) is 16.5 Å². The number of aryl methyl sites for hydroxylation is 1. The highest BCUT2D eigenvalue weighted by atomic mass is 35.5. The standard InChI is InChI=1S/C15H21ClN2S/c1-2-3-4-5-6-7-10-18-14-9-8-12(16)11-13(14)17-15(18)19/h8-9,11H,2-7,10H2,1H3,(H,17,19). The minimum absolute atomic E-state index is 0.746. The maximum Gasteiger partial charge on any atom is 0.178 e. The van der Waals surface area contributed by atoms with E-state index in [1.54, 1.807) is 0 Å². The van der Waals surface area contributed by atoms with Crippen LogP contribution in [0.2, 0.25) is 5.02 Å². The van der Waals surface area contributed by atoms with Gasteiger partial charge in [-0.25, -0.2) is 0 Å². The van der Waals surface area contributed by atoms with Crippen LogP contribution in [-0.4, -0.2) is 9.55 Å². The second-order valence-electron chi connectivity index (χ2n) is 5.01. The molecule has 1 N–H and O–H groups in total. The van der Waals surface area contributed by atoms with E-state index < -0.39 is 0 Å². The summed E-state index contributed by atoms with van der Waals surface area (Å²) in [5.41, 5.74) is 2.19. The van der Waals surface area contributed by atoms with Crippen molar-refractivity contribution in [2.75, 3.05) is 0 Å². The highest BCUT2D eigenvalue weighted by Crippen LogP contribution is 2.19. The first-order valence-electron chi connectivity index (χ1n) is 7.10. The molecule has 4 heteroatoms. The average molecular weight is 297 g/mol. The van der Waals surface area contributed by atoms with Gasteiger partial charge in [0.05, 0.1) is 11.0 Å². The highest BCUT2D eigenvalue weighted by Gasteiger charge is 2.04. The predicted octanol–water partition coefficient (Wildman–Crippen LogP) is 5.71. The van der Waals surface area contributed by atoms with Crippen LogP contribution in [0.1, 0.15) is 45.4 Å². The summed E-state index contributed by atoms with van der Waals surface area (Å²) in [4.78, 5) is 3.22. The number of benzene rings is 1. The molecule has 0 aliphatic heterocycles. The molecule has 0 atom stereocenters. The Morgan fingerprint density at radius 2 is 1.89 bits per heavy atom. The Morgan fingerprint density at radius 1 is 1.16 bits per heavy atom. The number of fused-ring (bicyclic) bond motifs is 1. The summed E-state index contributed by atoms with van der Waals surface area (Å²) in [7, 11) is 0. The maximum absolute atomic E-state index is 5.99. The number of aromatic amines is 1. The quantitative estimate of drug-likeness (QED) is 0.512. The molecule has 104 valence electrons. The molecule has 0 saturated heterocycles. The molecule has 0 saturated carbocycles. The maximum atomic E-state index is 5.99. The molecule has 0 aliphatic rings. The van der Waals surface area contributed by atoms with Crippen molar-refractivity contribution in [2.24, 2.45) is 0 Å². The Morgan fingerprint density at radius 3 is 2.68 bits per heavy atom. The number of rotatable bonds is 7. The second kappa shape index (κ2) is 7.11. The molecule has 0 unspecified atom stereocenters. The Bertz CT molecular complexity index is 585. The third-order valence-electron chi connectivity index (χ3n) is 3.47. The van der Waals surface area contributed by atoms with Crippen molar-refractivity contribution in [3.8, 4) is 0 Å². The van der Waals surface area contributed by atoms with Crippen LogP contribution in [0.3, 0.4) is 0 Å². The third kappa shape index (κ3) is 3.83. The number of nitrogens with zero attached hydrogens (tertiary/aromatic N) is 1. The molecule has 2 rings (SSSR count). The van der Waals surface area contributed by atoms with Crippen molar-refractivity contribution in [3.63, 3.8) is 0 Å². The Balaban J connectivity index is 1.97. The molecular formula is C15H21ClN2S. The summed E-state index contributed by atoms with van der Waals surface area (Å²) >= 11 is 11.4. The van der Waals surface area contributed by atoms with Crippen LogP contribution in [0.25, 0.3) is 11.0 Å². The van der Waals surface area contributed by atoms with E-state index >= 15 is 0 Å². The molecule has 0 radical (unpaired) electrons. The normalized spacial score (nSPS) is 11.3. The van der Waals surface area contributed by atoms with Gasteiger partial charge in [-0.3, -0.25) is 0 Å². The van der Waals surface area contributed by atoms with Gasteiger partial charge < -0.3 is 9.55 Å². The summed E-state index contributed by atoms with van der Waals surface area (Å²) < 4.78 is 2.98. The van der Waals surface area contributed by atoms with E-state index in [1.165, 1.54) is 38.5 Å². The lowest BCUT2D eigenvalue weighted by Gasteiger charge is -2.04. The van der Waals surface area contributed by atoms with Gasteiger partial charge in [0.1, 0.15) is 0 Å². The summed E-state index contributed by atoms with van der Waals surface area (Å²) in [6.07, 6.45) is 7.80. The molecule has 0 amide bonds. The lowest BCUT2D eigenvalue weighted by molar-refractivity contribution is 0.561. The van der Waals surface area contributed by atoms with Gasteiger partial charge in [-0.05, 0) is 36.8 Å². The molecule has 0 bridgehead atoms. The van der Waals surface area contributed by atoms with Gasteiger partial charge in [0.25, 0.3) is 0 Å². The lowest BCUT2D eigenvalue weighted by atomic mass is 10.1. The fraction of sp³-hybridized carbons (Fsp3) is 0.533. The first-order valence-corrected chi connectivity index (χ1v) is 7.89. The van der Waals surface area contributed by atoms with Gasteiger partial charge in [0.15, 0.2) is 4.77 Å². The molecule has 19 heavy (non-hydrogen) atoms. The number of H-pyrrole nitrogens is 1. The van der Waals surface area contributed by atoms with Crippen molar-refractivity contribution < 1.29 is 0 Å². The van der Waals surface area contributed by atoms with Crippen LogP contribution in [0.4, 0.5) is 0 Å². The second-order valence-corrected chi connectivity index (χ2v) is 5.83. The predicted molar refractivity (Wildman–Crippen MR) is 85.5 cm³/mol. The Kier molecular flexibility index (Phi) is 5.46. The van der Waals surface area contributed by atoms with E-state index in [4.69, 9.17) is 23.8 Å². The summed E-state index contributed by atoms with van der Waals surface area (Å²) in [5.74, 6) is 0. The largest absolute Gasteiger partial charge is 0.331 e. The molecule has 0 spiro atoms. The first-order chi connectivity index (χ1) is 9.22. The number of halogens is 1.